The highest BCUT2D eigenvalue weighted by molar-refractivity contribution is 5.89. The van der Waals surface area contributed by atoms with Crippen LogP contribution in [0.15, 0.2) is 24.3 Å². The van der Waals surface area contributed by atoms with Crippen molar-refractivity contribution in [3.63, 3.8) is 0 Å². The molecule has 2 rings (SSSR count). The maximum Gasteiger partial charge on any atom is 0.322 e. The summed E-state index contributed by atoms with van der Waals surface area (Å²) in [6.45, 7) is 2.97. The van der Waals surface area contributed by atoms with Crippen LogP contribution in [0.4, 0.5) is 16.2 Å². The molecule has 0 aromatic heterocycles. The van der Waals surface area contributed by atoms with E-state index in [9.17, 15) is 4.79 Å². The molecule has 0 spiro atoms. The zero-order chi connectivity index (χ0) is 13.0. The Morgan fingerprint density at radius 1 is 1.28 bits per heavy atom. The van der Waals surface area contributed by atoms with Crippen molar-refractivity contribution < 1.29 is 4.79 Å². The van der Waals surface area contributed by atoms with Crippen LogP contribution in [-0.2, 0) is 0 Å². The third-order valence-corrected chi connectivity index (χ3v) is 3.48. The number of amides is 2. The summed E-state index contributed by atoms with van der Waals surface area (Å²) in [5, 5.41) is 2.93. The molecule has 1 fully saturated rings. The molecule has 1 aromatic carbocycles. The fourth-order valence-electron chi connectivity index (χ4n) is 2.34. The highest BCUT2D eigenvalue weighted by Gasteiger charge is 2.21. The average molecular weight is 247 g/mol. The van der Waals surface area contributed by atoms with E-state index < -0.39 is 0 Å². The van der Waals surface area contributed by atoms with E-state index in [0.717, 1.165) is 25.1 Å². The number of anilines is 2. The first-order valence-corrected chi connectivity index (χ1v) is 6.60. The number of rotatable bonds is 1. The molecule has 0 radical (unpaired) electrons. The molecule has 1 heterocycles. The Morgan fingerprint density at radius 3 is 2.72 bits per heavy atom. The molecule has 3 N–H and O–H groups in total. The Bertz CT molecular complexity index is 402. The van der Waals surface area contributed by atoms with E-state index in [4.69, 9.17) is 5.73 Å². The zero-order valence-electron chi connectivity index (χ0n) is 10.9. The molecule has 1 aromatic rings. The number of hydrogen-bond donors (Lipinski definition) is 2. The minimum Gasteiger partial charge on any atom is -0.399 e. The van der Waals surface area contributed by atoms with Gasteiger partial charge in [-0.2, -0.15) is 0 Å². The summed E-state index contributed by atoms with van der Waals surface area (Å²) >= 11 is 0. The van der Waals surface area contributed by atoms with Crippen LogP contribution < -0.4 is 11.1 Å². The Hall–Kier alpha value is -1.71. The number of nitrogens with one attached hydrogen (secondary N) is 1. The summed E-state index contributed by atoms with van der Waals surface area (Å²) in [6, 6.07) is 7.56. The summed E-state index contributed by atoms with van der Waals surface area (Å²) in [5.74, 6) is 0. The van der Waals surface area contributed by atoms with Crippen molar-refractivity contribution in [2.24, 2.45) is 0 Å². The van der Waals surface area contributed by atoms with Crippen LogP contribution >= 0.6 is 0 Å². The molecule has 1 atom stereocenters. The van der Waals surface area contributed by atoms with Crippen molar-refractivity contribution in [3.05, 3.63) is 24.3 Å². The molecule has 1 saturated heterocycles. The van der Waals surface area contributed by atoms with E-state index in [2.05, 4.69) is 12.2 Å². The fourth-order valence-corrected chi connectivity index (χ4v) is 2.34. The number of likely N-dealkylation sites (tertiary alicyclic amines) is 1. The van der Waals surface area contributed by atoms with Crippen LogP contribution in [0.3, 0.4) is 0 Å². The molecule has 98 valence electrons. The first-order chi connectivity index (χ1) is 8.66. The van der Waals surface area contributed by atoms with Gasteiger partial charge in [0.05, 0.1) is 0 Å². The average Bonchev–Trinajstić information content (AvgIpc) is 2.57. The van der Waals surface area contributed by atoms with Gasteiger partial charge in [-0.25, -0.2) is 4.79 Å². The van der Waals surface area contributed by atoms with Gasteiger partial charge in [0.25, 0.3) is 0 Å². The fraction of sp³-hybridized carbons (Fsp3) is 0.500. The predicted molar refractivity (Wildman–Crippen MR) is 74.5 cm³/mol. The molecule has 4 heteroatoms. The van der Waals surface area contributed by atoms with Crippen molar-refractivity contribution in [1.82, 2.24) is 4.90 Å². The van der Waals surface area contributed by atoms with Gasteiger partial charge in [0.1, 0.15) is 0 Å². The van der Waals surface area contributed by atoms with Gasteiger partial charge in [-0.1, -0.05) is 12.8 Å². The Balaban J connectivity index is 1.99. The predicted octanol–water partition coefficient (Wildman–Crippen LogP) is 3.07. The number of carbonyl (C=O) groups is 1. The molecule has 1 aliphatic rings. The standard InChI is InChI=1S/C14H21N3O/c1-11-5-3-2-4-10-17(11)14(18)16-13-8-6-12(15)7-9-13/h6-9,11H,2-5,10,15H2,1H3,(H,16,18). The lowest BCUT2D eigenvalue weighted by atomic mass is 10.1. The molecular formula is C14H21N3O. The second kappa shape index (κ2) is 5.76. The summed E-state index contributed by atoms with van der Waals surface area (Å²) in [5.41, 5.74) is 7.12. The highest BCUT2D eigenvalue weighted by Crippen LogP contribution is 2.18. The van der Waals surface area contributed by atoms with E-state index in [1.807, 2.05) is 17.0 Å². The third kappa shape index (κ3) is 3.15. The van der Waals surface area contributed by atoms with E-state index in [1.165, 1.54) is 12.8 Å². The van der Waals surface area contributed by atoms with Crippen molar-refractivity contribution in [1.29, 1.82) is 0 Å². The van der Waals surface area contributed by atoms with Crippen LogP contribution in [-0.4, -0.2) is 23.5 Å². The molecule has 2 amide bonds. The normalized spacial score (nSPS) is 20.3. The number of hydrogen-bond acceptors (Lipinski definition) is 2. The number of benzene rings is 1. The number of carbonyl (C=O) groups excluding carboxylic acids is 1. The molecule has 0 saturated carbocycles. The summed E-state index contributed by atoms with van der Waals surface area (Å²) in [4.78, 5) is 14.1. The lowest BCUT2D eigenvalue weighted by Crippen LogP contribution is -2.41. The lowest BCUT2D eigenvalue weighted by molar-refractivity contribution is 0.194. The Morgan fingerprint density at radius 2 is 2.00 bits per heavy atom. The molecule has 0 bridgehead atoms. The van der Waals surface area contributed by atoms with Crippen LogP contribution in [0.25, 0.3) is 0 Å². The monoisotopic (exact) mass is 247 g/mol. The third-order valence-electron chi connectivity index (χ3n) is 3.48. The largest absolute Gasteiger partial charge is 0.399 e. The van der Waals surface area contributed by atoms with Gasteiger partial charge in [0.15, 0.2) is 0 Å². The van der Waals surface area contributed by atoms with Gasteiger partial charge in [-0.15, -0.1) is 0 Å². The van der Waals surface area contributed by atoms with Gasteiger partial charge in [-0.05, 0) is 44.0 Å². The first-order valence-electron chi connectivity index (χ1n) is 6.60. The van der Waals surface area contributed by atoms with Crippen LogP contribution in [0, 0.1) is 0 Å². The molecule has 4 nitrogen and oxygen atoms in total. The van der Waals surface area contributed by atoms with Gasteiger partial charge in [0, 0.05) is 24.0 Å². The minimum absolute atomic E-state index is 0.00540. The van der Waals surface area contributed by atoms with Crippen LogP contribution in [0.5, 0.6) is 0 Å². The lowest BCUT2D eigenvalue weighted by Gasteiger charge is -2.27. The van der Waals surface area contributed by atoms with Gasteiger partial charge >= 0.3 is 6.03 Å². The maximum atomic E-state index is 12.2. The summed E-state index contributed by atoms with van der Waals surface area (Å²) in [7, 11) is 0. The second-order valence-electron chi connectivity index (χ2n) is 4.94. The van der Waals surface area contributed by atoms with Crippen molar-refractivity contribution >= 4 is 17.4 Å². The summed E-state index contributed by atoms with van der Waals surface area (Å²) < 4.78 is 0. The van der Waals surface area contributed by atoms with E-state index >= 15 is 0 Å². The molecule has 1 aliphatic heterocycles. The van der Waals surface area contributed by atoms with Gasteiger partial charge in [-0.3, -0.25) is 0 Å². The van der Waals surface area contributed by atoms with E-state index in [1.54, 1.807) is 12.1 Å². The second-order valence-corrected chi connectivity index (χ2v) is 4.94. The molecule has 1 unspecified atom stereocenters. The van der Waals surface area contributed by atoms with E-state index in [0.29, 0.717) is 11.7 Å². The number of nitrogens with two attached hydrogens (primary N) is 1. The van der Waals surface area contributed by atoms with Crippen molar-refractivity contribution in [2.45, 2.75) is 38.6 Å². The number of nitrogens with zero attached hydrogens (tertiary/aromatic N) is 1. The van der Waals surface area contributed by atoms with Gasteiger partial charge < -0.3 is 16.0 Å². The topological polar surface area (TPSA) is 58.4 Å². The number of urea groups is 1. The molecule has 0 aliphatic carbocycles. The zero-order valence-corrected chi connectivity index (χ0v) is 10.9. The molecular weight excluding hydrogens is 226 g/mol. The quantitative estimate of drug-likeness (QED) is 0.749. The SMILES string of the molecule is CC1CCCCCN1C(=O)Nc1ccc(N)cc1. The summed E-state index contributed by atoms with van der Waals surface area (Å²) in [6.07, 6.45) is 4.62. The van der Waals surface area contributed by atoms with Crippen molar-refractivity contribution in [2.75, 3.05) is 17.6 Å². The first kappa shape index (κ1) is 12.7. The Kier molecular flexibility index (Phi) is 4.07. The van der Waals surface area contributed by atoms with Crippen LogP contribution in [0.1, 0.15) is 32.6 Å². The smallest absolute Gasteiger partial charge is 0.322 e. The minimum atomic E-state index is -0.00540. The van der Waals surface area contributed by atoms with E-state index in [-0.39, 0.29) is 6.03 Å². The highest BCUT2D eigenvalue weighted by atomic mass is 16.2. The van der Waals surface area contributed by atoms with Gasteiger partial charge in [0.2, 0.25) is 0 Å². The van der Waals surface area contributed by atoms with Crippen molar-refractivity contribution in [3.8, 4) is 0 Å². The number of nitrogen functional groups attached to an aromatic ring is 1. The Labute approximate surface area is 108 Å². The maximum absolute atomic E-state index is 12.2. The van der Waals surface area contributed by atoms with Crippen LogP contribution in [0.2, 0.25) is 0 Å². The molecule has 18 heavy (non-hydrogen) atoms.